The van der Waals surface area contributed by atoms with E-state index in [4.69, 9.17) is 14.9 Å². The molecule has 2 bridgehead atoms. The number of ether oxygens (including phenoxy) is 2. The Labute approximate surface area is 308 Å². The van der Waals surface area contributed by atoms with E-state index in [2.05, 4.69) is 14.9 Å². The Balaban J connectivity index is 1.19. The molecule has 294 valence electrons. The summed E-state index contributed by atoms with van der Waals surface area (Å²) in [5.74, 6) is -3.67. The molecule has 4 unspecified atom stereocenters. The number of morpholine rings is 1. The Hall–Kier alpha value is -4.75. The van der Waals surface area contributed by atoms with E-state index in [9.17, 15) is 41.0 Å². The van der Waals surface area contributed by atoms with Crippen LogP contribution in [-0.2, 0) is 31.4 Å². The number of carbonyl (C=O) groups is 2. The first-order valence-electron chi connectivity index (χ1n) is 17.3. The standard InChI is InChI=1S/C36H34F8N6O5/c1-48-34(7-2-8-34)32(52)27(31(51)30(45)22-5-4-19(35(39,40)41)11-23(22)24-13-26(36(42,43)44)47-17-46-24)33(53)50(48)14-18-3-6-25(29(38)28(18)37)55-10-9-49-20-12-21(49)16-54-15-20/h3-6,11,13,17,20-21,28-29,45,51H,2,7-10,12,14-16H2,1H3. The first-order chi connectivity index (χ1) is 25.9. The number of hydrazine groups is 1. The molecular weight excluding hydrogens is 748 g/mol. The number of ketones is 1. The van der Waals surface area contributed by atoms with Crippen LogP contribution in [0.3, 0.4) is 0 Å². The molecule has 5 aliphatic rings. The number of aliphatic hydroxyl groups excluding tert-OH is 1. The Morgan fingerprint density at radius 2 is 1.73 bits per heavy atom. The van der Waals surface area contributed by atoms with Crippen molar-refractivity contribution in [2.24, 2.45) is 0 Å². The summed E-state index contributed by atoms with van der Waals surface area (Å²) in [4.78, 5) is 37.0. The van der Waals surface area contributed by atoms with Gasteiger partial charge in [0.15, 0.2) is 23.9 Å². The van der Waals surface area contributed by atoms with Crippen molar-refractivity contribution in [3.05, 3.63) is 82.2 Å². The molecule has 1 saturated carbocycles. The number of carbonyl (C=O) groups excluding carboxylic acids is 2. The maximum absolute atomic E-state index is 15.7. The Bertz CT molecular complexity index is 2000. The fourth-order valence-electron chi connectivity index (χ4n) is 7.68. The molecule has 3 saturated heterocycles. The third-order valence-electron chi connectivity index (χ3n) is 11.0. The van der Waals surface area contributed by atoms with Crippen LogP contribution in [-0.4, -0.2) is 117 Å². The second kappa shape index (κ2) is 14.1. The average molecular weight is 783 g/mol. The number of nitrogens with zero attached hydrogens (tertiary/aromatic N) is 5. The molecule has 4 atom stereocenters. The summed E-state index contributed by atoms with van der Waals surface area (Å²) in [5, 5.41) is 22.4. The number of Topliss-reactive ketones (excluding diaryl/α,β-unsaturated/α-hetero) is 1. The summed E-state index contributed by atoms with van der Waals surface area (Å²) in [6.07, 6.45) is -9.70. The average Bonchev–Trinajstić information content (AvgIpc) is 3.12. The predicted octanol–water partition coefficient (Wildman–Crippen LogP) is 5.53. The number of nitrogens with one attached hydrogen (secondary N) is 1. The maximum Gasteiger partial charge on any atom is 0.433 e. The number of aromatic nitrogens is 2. The minimum Gasteiger partial charge on any atom is -0.505 e. The van der Waals surface area contributed by atoms with Gasteiger partial charge in [0.05, 0.1) is 31.0 Å². The minimum atomic E-state index is -5.02. The first kappa shape index (κ1) is 38.5. The number of fused-ring (bicyclic) bond motifs is 2. The zero-order valence-electron chi connectivity index (χ0n) is 29.1. The third kappa shape index (κ3) is 6.79. The zero-order chi connectivity index (χ0) is 39.6. The summed E-state index contributed by atoms with van der Waals surface area (Å²) in [6, 6.07) is 2.51. The van der Waals surface area contributed by atoms with Crippen LogP contribution in [0.4, 0.5) is 35.1 Å². The van der Waals surface area contributed by atoms with Gasteiger partial charge in [0.1, 0.15) is 41.2 Å². The van der Waals surface area contributed by atoms with Crippen LogP contribution in [0.5, 0.6) is 0 Å². The van der Waals surface area contributed by atoms with Gasteiger partial charge in [-0.15, -0.1) is 0 Å². The van der Waals surface area contributed by atoms with E-state index in [1.54, 1.807) is 0 Å². The van der Waals surface area contributed by atoms with Crippen molar-refractivity contribution < 1.29 is 59.3 Å². The summed E-state index contributed by atoms with van der Waals surface area (Å²) in [6.45, 7) is 1.20. The SMILES string of the molecule is CN1N(CC2=CC=C(OCCN3C4COCC3C4)C(F)C2F)C(=O)C(=C(O)C(=N)c2ccc(C(F)(F)F)cc2-c2cc(C(F)(F)F)ncn2)C(=O)C12CCC2. The molecule has 0 radical (unpaired) electrons. The van der Waals surface area contributed by atoms with Gasteiger partial charge >= 0.3 is 12.4 Å². The highest BCUT2D eigenvalue weighted by Gasteiger charge is 2.58. The Kier molecular flexibility index (Phi) is 9.86. The van der Waals surface area contributed by atoms with Gasteiger partial charge in [0.25, 0.3) is 5.91 Å². The molecule has 1 spiro atoms. The van der Waals surface area contributed by atoms with Gasteiger partial charge in [0.2, 0.25) is 0 Å². The molecule has 7 rings (SSSR count). The quantitative estimate of drug-likeness (QED) is 0.111. The molecule has 4 fully saturated rings. The monoisotopic (exact) mass is 782 g/mol. The van der Waals surface area contributed by atoms with Gasteiger partial charge in [-0.1, -0.05) is 12.1 Å². The largest absolute Gasteiger partial charge is 0.505 e. The molecule has 2 N–H and O–H groups in total. The van der Waals surface area contributed by atoms with Crippen molar-refractivity contribution in [3.8, 4) is 11.3 Å². The highest BCUT2D eigenvalue weighted by molar-refractivity contribution is 6.29. The molecule has 55 heavy (non-hydrogen) atoms. The Morgan fingerprint density at radius 1 is 1.02 bits per heavy atom. The van der Waals surface area contributed by atoms with Crippen LogP contribution in [0, 0.1) is 5.41 Å². The molecule has 2 aliphatic carbocycles. The number of alkyl halides is 8. The van der Waals surface area contributed by atoms with E-state index < -0.39 is 93.6 Å². The number of aliphatic hydroxyl groups is 1. The second-order valence-corrected chi connectivity index (χ2v) is 14.0. The van der Waals surface area contributed by atoms with Crippen LogP contribution in [0.15, 0.2) is 65.4 Å². The molecule has 11 nitrogen and oxygen atoms in total. The van der Waals surface area contributed by atoms with Crippen molar-refractivity contribution in [3.63, 3.8) is 0 Å². The summed E-state index contributed by atoms with van der Waals surface area (Å²) in [7, 11) is 1.39. The van der Waals surface area contributed by atoms with E-state index >= 15 is 8.78 Å². The number of hydrogen-bond donors (Lipinski definition) is 2. The van der Waals surface area contributed by atoms with Gasteiger partial charge in [-0.3, -0.25) is 24.9 Å². The fraction of sp³-hybridized carbons (Fsp3) is 0.472. The zero-order valence-corrected chi connectivity index (χ0v) is 29.1. The van der Waals surface area contributed by atoms with Crippen molar-refractivity contribution in [2.75, 3.05) is 40.0 Å². The van der Waals surface area contributed by atoms with E-state index in [1.165, 1.54) is 24.2 Å². The minimum absolute atomic E-state index is 0.105. The Morgan fingerprint density at radius 3 is 2.35 bits per heavy atom. The van der Waals surface area contributed by atoms with Gasteiger partial charge in [-0.05, 0) is 55.5 Å². The number of amides is 1. The fourth-order valence-corrected chi connectivity index (χ4v) is 7.68. The van der Waals surface area contributed by atoms with Crippen molar-refractivity contribution >= 4 is 17.4 Å². The number of halogens is 8. The van der Waals surface area contributed by atoms with Crippen LogP contribution < -0.4 is 0 Å². The second-order valence-electron chi connectivity index (χ2n) is 14.0. The highest BCUT2D eigenvalue weighted by atomic mass is 19.4. The molecule has 2 aromatic rings. The lowest BCUT2D eigenvalue weighted by Gasteiger charge is -2.54. The smallest absolute Gasteiger partial charge is 0.433 e. The third-order valence-corrected chi connectivity index (χ3v) is 11.0. The van der Waals surface area contributed by atoms with Gasteiger partial charge in [-0.25, -0.2) is 23.8 Å². The van der Waals surface area contributed by atoms with Crippen LogP contribution in [0.1, 0.15) is 42.5 Å². The van der Waals surface area contributed by atoms with Gasteiger partial charge < -0.3 is 14.6 Å². The van der Waals surface area contributed by atoms with Gasteiger partial charge in [0, 0.05) is 36.8 Å². The van der Waals surface area contributed by atoms with E-state index in [1.807, 2.05) is 0 Å². The molecule has 1 amide bonds. The molecule has 4 heterocycles. The van der Waals surface area contributed by atoms with Crippen LogP contribution in [0.2, 0.25) is 0 Å². The van der Waals surface area contributed by atoms with Gasteiger partial charge in [-0.2, -0.15) is 26.3 Å². The normalized spacial score (nSPS) is 26.6. The highest BCUT2D eigenvalue weighted by Crippen LogP contribution is 2.45. The molecule has 19 heteroatoms. The summed E-state index contributed by atoms with van der Waals surface area (Å²) in [5.41, 5.74) is -8.49. The predicted molar refractivity (Wildman–Crippen MR) is 177 cm³/mol. The number of hydrogen-bond acceptors (Lipinski definition) is 10. The van der Waals surface area contributed by atoms with E-state index in [0.29, 0.717) is 56.8 Å². The molecule has 3 aliphatic heterocycles. The lowest BCUT2D eigenvalue weighted by molar-refractivity contribution is -0.178. The molecule has 1 aromatic carbocycles. The van der Waals surface area contributed by atoms with E-state index in [-0.39, 0.29) is 42.9 Å². The number of rotatable bonds is 9. The number of benzene rings is 1. The van der Waals surface area contributed by atoms with Crippen LogP contribution >= 0.6 is 0 Å². The van der Waals surface area contributed by atoms with Crippen molar-refractivity contribution in [2.45, 2.75) is 68.0 Å². The molecular formula is C36H34F8N6O5. The molecule has 1 aromatic heterocycles. The summed E-state index contributed by atoms with van der Waals surface area (Å²) >= 11 is 0. The van der Waals surface area contributed by atoms with Crippen molar-refractivity contribution in [1.29, 1.82) is 5.41 Å². The first-order valence-corrected chi connectivity index (χ1v) is 17.3. The van der Waals surface area contributed by atoms with E-state index in [0.717, 1.165) is 11.4 Å². The maximum atomic E-state index is 15.7. The number of allylic oxidation sites excluding steroid dienone is 4. The summed E-state index contributed by atoms with van der Waals surface area (Å²) < 4.78 is 124. The lowest BCUT2D eigenvalue weighted by atomic mass is 9.69. The van der Waals surface area contributed by atoms with Crippen LogP contribution in [0.25, 0.3) is 11.3 Å². The topological polar surface area (TPSA) is 132 Å². The lowest BCUT2D eigenvalue weighted by Crippen LogP contribution is -2.70. The number of likely N-dealkylation sites (N-methyl/N-ethyl adjacent to an activating group) is 1. The van der Waals surface area contributed by atoms with Crippen molar-refractivity contribution in [1.82, 2.24) is 24.9 Å².